The van der Waals surface area contributed by atoms with Crippen molar-refractivity contribution in [3.63, 3.8) is 0 Å². The topological polar surface area (TPSA) is 112 Å². The minimum absolute atomic E-state index is 0.175. The molecule has 1 atom stereocenters. The van der Waals surface area contributed by atoms with Gasteiger partial charge in [-0.2, -0.15) is 52.7 Å². The van der Waals surface area contributed by atoms with Crippen LogP contribution < -0.4 is 0 Å². The summed E-state index contributed by atoms with van der Waals surface area (Å²) < 4.78 is 190. The molecule has 0 amide bonds. The van der Waals surface area contributed by atoms with Crippen LogP contribution in [0.15, 0.2) is 24.3 Å². The largest absolute Gasteiger partial charge is 0.462 e. The van der Waals surface area contributed by atoms with E-state index < -0.39 is 112 Å². The Balaban J connectivity index is 5.92. The summed E-state index contributed by atoms with van der Waals surface area (Å²) in [5.74, 6) is -47.3. The monoisotopic (exact) mass is 758 g/mol. The van der Waals surface area contributed by atoms with Crippen LogP contribution >= 0.6 is 0 Å². The van der Waals surface area contributed by atoms with Crippen LogP contribution in [0.3, 0.4) is 0 Å². The third-order valence-electron chi connectivity index (χ3n) is 7.18. The van der Waals surface area contributed by atoms with Crippen LogP contribution in [0.5, 0.6) is 0 Å². The number of alkyl halides is 12. The molecule has 0 rings (SSSR count). The molecule has 0 aliphatic rings. The van der Waals surface area contributed by atoms with Crippen LogP contribution in [0.25, 0.3) is 0 Å². The van der Waals surface area contributed by atoms with Crippen molar-refractivity contribution in [3.8, 4) is 0 Å². The van der Waals surface area contributed by atoms with Gasteiger partial charge in [-0.05, 0) is 12.8 Å². The molecule has 0 saturated carbocycles. The molecule has 0 aliphatic carbocycles. The van der Waals surface area contributed by atoms with E-state index in [1.807, 2.05) is 0 Å². The van der Waals surface area contributed by atoms with Gasteiger partial charge in [0.1, 0.15) is 6.61 Å². The maximum Gasteiger partial charge on any atom is 0.384 e. The minimum Gasteiger partial charge on any atom is -0.462 e. The second-order valence-electron chi connectivity index (χ2n) is 11.5. The zero-order valence-corrected chi connectivity index (χ0v) is 27.3. The van der Waals surface area contributed by atoms with Gasteiger partial charge in [-0.15, -0.1) is 0 Å². The van der Waals surface area contributed by atoms with Gasteiger partial charge in [0, 0.05) is 38.2 Å². The van der Waals surface area contributed by atoms with E-state index in [0.717, 1.165) is 7.11 Å². The van der Waals surface area contributed by atoms with Crippen molar-refractivity contribution < 1.29 is 91.4 Å². The summed E-state index contributed by atoms with van der Waals surface area (Å²) in [4.78, 5) is 24.2. The number of methoxy groups -OCH3 is 1. The summed E-state index contributed by atoms with van der Waals surface area (Å²) in [6.45, 7) is 0.734. The molecule has 50 heavy (non-hydrogen) atoms. The van der Waals surface area contributed by atoms with Gasteiger partial charge < -0.3 is 29.2 Å². The van der Waals surface area contributed by atoms with Crippen molar-refractivity contribution >= 4 is 11.9 Å². The average Bonchev–Trinajstić information content (AvgIpc) is 3.03. The maximum absolute atomic E-state index is 14.4. The molecule has 0 aromatic rings. The van der Waals surface area contributed by atoms with Crippen LogP contribution in [0.4, 0.5) is 52.7 Å². The molecule has 0 heterocycles. The van der Waals surface area contributed by atoms with Gasteiger partial charge in [-0.25, -0.2) is 9.59 Å². The zero-order valence-electron chi connectivity index (χ0n) is 27.3. The minimum atomic E-state index is -7.77. The van der Waals surface area contributed by atoms with Gasteiger partial charge in [0.05, 0.1) is 37.9 Å². The van der Waals surface area contributed by atoms with E-state index in [1.54, 1.807) is 6.92 Å². The molecule has 294 valence electrons. The van der Waals surface area contributed by atoms with E-state index in [-0.39, 0.29) is 37.0 Å². The lowest BCUT2D eigenvalue weighted by Crippen LogP contribution is -2.71. The third-order valence-corrected chi connectivity index (χ3v) is 7.18. The van der Waals surface area contributed by atoms with Crippen LogP contribution in [0.2, 0.25) is 0 Å². The number of ether oxygens (including phenoxy) is 4. The van der Waals surface area contributed by atoms with Crippen LogP contribution in [-0.4, -0.2) is 111 Å². The third kappa shape index (κ3) is 12.0. The molecule has 20 heteroatoms. The van der Waals surface area contributed by atoms with Crippen molar-refractivity contribution in [1.82, 2.24) is 0 Å². The predicted octanol–water partition coefficient (Wildman–Crippen LogP) is 6.63. The molecule has 0 aromatic heterocycles. The van der Waals surface area contributed by atoms with Gasteiger partial charge in [-0.3, -0.25) is 0 Å². The van der Waals surface area contributed by atoms with Gasteiger partial charge in [0.15, 0.2) is 0 Å². The van der Waals surface area contributed by atoms with Crippen LogP contribution in [-0.2, 0) is 28.5 Å². The number of carbonyl (C=O) groups is 2. The Morgan fingerprint density at radius 3 is 1.56 bits per heavy atom. The zero-order chi connectivity index (χ0) is 39.2. The van der Waals surface area contributed by atoms with E-state index in [2.05, 4.69) is 22.6 Å². The van der Waals surface area contributed by atoms with Gasteiger partial charge in [-0.1, -0.05) is 45.8 Å². The fourth-order valence-electron chi connectivity index (χ4n) is 3.99. The number of carbonyl (C=O) groups excluding carboxylic acids is 2. The molecule has 0 radical (unpaired) electrons. The lowest BCUT2D eigenvalue weighted by atomic mass is 9.89. The van der Waals surface area contributed by atoms with Gasteiger partial charge >= 0.3 is 47.5 Å². The van der Waals surface area contributed by atoms with Crippen molar-refractivity contribution in [2.75, 3.05) is 53.4 Å². The molecule has 8 nitrogen and oxygen atoms in total. The molecule has 0 aromatic carbocycles. The maximum atomic E-state index is 14.4. The van der Waals surface area contributed by atoms with Gasteiger partial charge in [0.25, 0.3) is 0 Å². The summed E-state index contributed by atoms with van der Waals surface area (Å²) in [7, 11) is 1.16. The lowest BCUT2D eigenvalue weighted by Gasteiger charge is -2.41. The van der Waals surface area contributed by atoms with Crippen molar-refractivity contribution in [2.24, 2.45) is 11.8 Å². The lowest BCUT2D eigenvalue weighted by molar-refractivity contribution is -0.427. The number of aliphatic hydroxyl groups excluding tert-OH is 2. The first-order valence-electron chi connectivity index (χ1n) is 15.1. The number of hydrogen-bond donors (Lipinski definition) is 2. The fourth-order valence-corrected chi connectivity index (χ4v) is 3.99. The fraction of sp³-hybridized carbons (Fsp3) is 0.800. The first-order valence-corrected chi connectivity index (χ1v) is 15.1. The highest BCUT2D eigenvalue weighted by Gasteiger charge is 2.89. The summed E-state index contributed by atoms with van der Waals surface area (Å²) in [6.07, 6.45) is -2.41. The summed E-state index contributed by atoms with van der Waals surface area (Å²) >= 11 is 0. The highest BCUT2D eigenvalue weighted by atomic mass is 19.4. The normalized spacial score (nSPS) is 14.1. The standard InChI is InChI=1S/C30H42F12O8/c1-5-6-7-8-9-10-25(31,32)27(35,36)29(39,40)30(41,42)28(37,38)26(33,34)18-48-15-22(17-50-24(46)20(3)14-47-4)16-49-23(45)19(2)11-21(12-43)13-44/h21-22,43-44H,2-3,5-18H2,1,4H3. The predicted molar refractivity (Wildman–Crippen MR) is 152 cm³/mol. The van der Waals surface area contributed by atoms with Crippen molar-refractivity contribution in [3.05, 3.63) is 24.3 Å². The second kappa shape index (κ2) is 19.9. The number of hydrogen-bond acceptors (Lipinski definition) is 8. The molecule has 0 saturated heterocycles. The first kappa shape index (κ1) is 47.4. The number of rotatable bonds is 27. The first-order chi connectivity index (χ1) is 22.8. The van der Waals surface area contributed by atoms with Crippen molar-refractivity contribution in [2.45, 2.75) is 87.4 Å². The number of aliphatic hydroxyl groups is 2. The van der Waals surface area contributed by atoms with E-state index in [0.29, 0.717) is 12.8 Å². The van der Waals surface area contributed by atoms with E-state index in [9.17, 15) is 62.3 Å². The van der Waals surface area contributed by atoms with E-state index in [1.165, 1.54) is 0 Å². The summed E-state index contributed by atoms with van der Waals surface area (Å²) in [6, 6.07) is 0. The van der Waals surface area contributed by atoms with Crippen LogP contribution in [0, 0.1) is 11.8 Å². The van der Waals surface area contributed by atoms with E-state index >= 15 is 0 Å². The molecule has 1 unspecified atom stereocenters. The Kier molecular flexibility index (Phi) is 18.8. The Morgan fingerprint density at radius 1 is 0.640 bits per heavy atom. The highest BCUT2D eigenvalue weighted by Crippen LogP contribution is 2.60. The smallest absolute Gasteiger partial charge is 0.384 e. The Labute approximate surface area is 280 Å². The summed E-state index contributed by atoms with van der Waals surface area (Å²) in [5, 5.41) is 18.2. The molecule has 0 bridgehead atoms. The molecule has 0 aliphatic heterocycles. The molecule has 2 N–H and O–H groups in total. The van der Waals surface area contributed by atoms with Gasteiger partial charge in [0.2, 0.25) is 0 Å². The van der Waals surface area contributed by atoms with Crippen molar-refractivity contribution in [1.29, 1.82) is 0 Å². The molecule has 0 fully saturated rings. The Bertz CT molecular complexity index is 1100. The number of unbranched alkanes of at least 4 members (excludes halogenated alkanes) is 4. The summed E-state index contributed by atoms with van der Waals surface area (Å²) in [5.41, 5.74) is -0.638. The SMILES string of the molecule is C=C(COC)C(=O)OCC(COCC(F)(F)C(F)(F)C(F)(F)C(F)(F)C(F)(F)C(F)(F)CCCCCCC)COC(=O)C(=C)CC(CO)CO. The van der Waals surface area contributed by atoms with Crippen LogP contribution in [0.1, 0.15) is 51.9 Å². The highest BCUT2D eigenvalue weighted by molar-refractivity contribution is 5.88. The number of esters is 2. The average molecular weight is 759 g/mol. The Morgan fingerprint density at radius 2 is 1.10 bits per heavy atom. The number of halogens is 12. The molecular weight excluding hydrogens is 716 g/mol. The second-order valence-corrected chi connectivity index (χ2v) is 11.5. The Hall–Kier alpha value is -2.58. The molecule has 0 spiro atoms. The molecular formula is C30H42F12O8. The quantitative estimate of drug-likeness (QED) is 0.0416. The van der Waals surface area contributed by atoms with E-state index in [4.69, 9.17) is 19.7 Å².